The molecule has 0 amide bonds. The number of benzene rings is 2. The zero-order valence-electron chi connectivity index (χ0n) is 13.7. The summed E-state index contributed by atoms with van der Waals surface area (Å²) in [6.07, 6.45) is 1.55. The molecule has 0 saturated carbocycles. The number of aliphatic hydroxyl groups excluding tert-OH is 1. The first kappa shape index (κ1) is 16.6. The van der Waals surface area contributed by atoms with Crippen LogP contribution in [-0.2, 0) is 13.0 Å². The van der Waals surface area contributed by atoms with Crippen molar-refractivity contribution in [3.8, 4) is 0 Å². The van der Waals surface area contributed by atoms with Gasteiger partial charge in [-0.3, -0.25) is 4.90 Å². The fourth-order valence-corrected chi connectivity index (χ4v) is 3.83. The van der Waals surface area contributed by atoms with E-state index < -0.39 is 0 Å². The molecule has 0 bridgehead atoms. The number of aliphatic hydroxyl groups is 1. The molecule has 23 heavy (non-hydrogen) atoms. The van der Waals surface area contributed by atoms with Crippen molar-refractivity contribution in [2.75, 3.05) is 18.8 Å². The molecule has 0 aliphatic carbocycles. The van der Waals surface area contributed by atoms with Crippen molar-refractivity contribution >= 4 is 11.8 Å². The molecule has 1 aliphatic rings. The largest absolute Gasteiger partial charge is 0.388 e. The SMILES string of the molecule is CCSc1ccc(C(O)CCN2CCc3ccccc3C2)cc1. The second-order valence-corrected chi connectivity index (χ2v) is 7.44. The Labute approximate surface area is 143 Å². The van der Waals surface area contributed by atoms with Crippen LogP contribution in [0.3, 0.4) is 0 Å². The van der Waals surface area contributed by atoms with Crippen molar-refractivity contribution in [1.82, 2.24) is 4.90 Å². The van der Waals surface area contributed by atoms with E-state index in [1.54, 1.807) is 0 Å². The minimum absolute atomic E-state index is 0.368. The molecular weight excluding hydrogens is 302 g/mol. The molecular formula is C20H25NOS. The van der Waals surface area contributed by atoms with E-state index in [9.17, 15) is 5.11 Å². The minimum Gasteiger partial charge on any atom is -0.388 e. The predicted molar refractivity (Wildman–Crippen MR) is 97.8 cm³/mol. The summed E-state index contributed by atoms with van der Waals surface area (Å²) in [6.45, 7) is 5.20. The number of fused-ring (bicyclic) bond motifs is 1. The molecule has 1 unspecified atom stereocenters. The monoisotopic (exact) mass is 327 g/mol. The van der Waals surface area contributed by atoms with Crippen LogP contribution in [0, 0.1) is 0 Å². The molecule has 0 saturated heterocycles. The van der Waals surface area contributed by atoms with E-state index in [4.69, 9.17) is 0 Å². The highest BCUT2D eigenvalue weighted by atomic mass is 32.2. The van der Waals surface area contributed by atoms with E-state index in [2.05, 4.69) is 60.4 Å². The normalized spacial score (nSPS) is 16.1. The van der Waals surface area contributed by atoms with Crippen LogP contribution in [0.5, 0.6) is 0 Å². The number of hydrogen-bond donors (Lipinski definition) is 1. The van der Waals surface area contributed by atoms with Crippen molar-refractivity contribution in [2.45, 2.75) is 37.3 Å². The zero-order chi connectivity index (χ0) is 16.1. The number of hydrogen-bond acceptors (Lipinski definition) is 3. The molecule has 3 heteroatoms. The topological polar surface area (TPSA) is 23.5 Å². The number of rotatable bonds is 6. The molecule has 0 fully saturated rings. The van der Waals surface area contributed by atoms with Crippen LogP contribution >= 0.6 is 11.8 Å². The maximum atomic E-state index is 10.4. The molecule has 2 aromatic rings. The van der Waals surface area contributed by atoms with E-state index >= 15 is 0 Å². The van der Waals surface area contributed by atoms with Crippen LogP contribution in [0.2, 0.25) is 0 Å². The van der Waals surface area contributed by atoms with E-state index in [1.165, 1.54) is 16.0 Å². The van der Waals surface area contributed by atoms with Gasteiger partial charge in [0.1, 0.15) is 0 Å². The lowest BCUT2D eigenvalue weighted by molar-refractivity contribution is 0.137. The third-order valence-electron chi connectivity index (χ3n) is 4.50. The van der Waals surface area contributed by atoms with E-state index in [-0.39, 0.29) is 6.10 Å². The first-order valence-electron chi connectivity index (χ1n) is 8.46. The molecule has 1 aliphatic heterocycles. The third-order valence-corrected chi connectivity index (χ3v) is 5.40. The Morgan fingerprint density at radius 3 is 2.57 bits per heavy atom. The van der Waals surface area contributed by atoms with Crippen molar-refractivity contribution in [1.29, 1.82) is 0 Å². The lowest BCUT2D eigenvalue weighted by Gasteiger charge is -2.29. The highest BCUT2D eigenvalue weighted by molar-refractivity contribution is 7.99. The van der Waals surface area contributed by atoms with Gasteiger partial charge in [-0.2, -0.15) is 0 Å². The van der Waals surface area contributed by atoms with Gasteiger partial charge in [-0.15, -0.1) is 11.8 Å². The molecule has 2 nitrogen and oxygen atoms in total. The van der Waals surface area contributed by atoms with Crippen molar-refractivity contribution < 1.29 is 5.11 Å². The van der Waals surface area contributed by atoms with Crippen LogP contribution in [0.1, 0.15) is 36.1 Å². The van der Waals surface area contributed by atoms with Gasteiger partial charge in [-0.25, -0.2) is 0 Å². The van der Waals surface area contributed by atoms with Crippen LogP contribution < -0.4 is 0 Å². The number of nitrogens with zero attached hydrogens (tertiary/aromatic N) is 1. The van der Waals surface area contributed by atoms with Crippen molar-refractivity contribution in [2.24, 2.45) is 0 Å². The molecule has 122 valence electrons. The second-order valence-electron chi connectivity index (χ2n) is 6.10. The van der Waals surface area contributed by atoms with Crippen molar-refractivity contribution in [3.05, 3.63) is 65.2 Å². The fraction of sp³-hybridized carbons (Fsp3) is 0.400. The van der Waals surface area contributed by atoms with Gasteiger partial charge in [0.25, 0.3) is 0 Å². The van der Waals surface area contributed by atoms with E-state index in [0.29, 0.717) is 0 Å². The summed E-state index contributed by atoms with van der Waals surface area (Å²) in [6, 6.07) is 17.1. The summed E-state index contributed by atoms with van der Waals surface area (Å²) in [4.78, 5) is 3.73. The van der Waals surface area contributed by atoms with E-state index in [1.807, 2.05) is 11.8 Å². The number of thioether (sulfide) groups is 1. The van der Waals surface area contributed by atoms with Crippen LogP contribution in [-0.4, -0.2) is 28.8 Å². The quantitative estimate of drug-likeness (QED) is 0.801. The van der Waals surface area contributed by atoms with Gasteiger partial charge < -0.3 is 5.11 Å². The summed E-state index contributed by atoms with van der Waals surface area (Å²) >= 11 is 1.84. The second kappa shape index (κ2) is 8.00. The highest BCUT2D eigenvalue weighted by Crippen LogP contribution is 2.24. The van der Waals surface area contributed by atoms with Gasteiger partial charge in [0.2, 0.25) is 0 Å². The lowest BCUT2D eigenvalue weighted by Crippen LogP contribution is -2.32. The summed E-state index contributed by atoms with van der Waals surface area (Å²) in [5.41, 5.74) is 3.95. The Balaban J connectivity index is 1.52. The first-order chi connectivity index (χ1) is 11.3. The zero-order valence-corrected chi connectivity index (χ0v) is 14.6. The summed E-state index contributed by atoms with van der Waals surface area (Å²) in [7, 11) is 0. The molecule has 1 heterocycles. The van der Waals surface area contributed by atoms with Gasteiger partial charge in [0, 0.05) is 24.5 Å². The molecule has 2 aromatic carbocycles. The Hall–Kier alpha value is -1.29. The van der Waals surface area contributed by atoms with Gasteiger partial charge >= 0.3 is 0 Å². The summed E-state index contributed by atoms with van der Waals surface area (Å²) in [5, 5.41) is 10.4. The van der Waals surface area contributed by atoms with Crippen molar-refractivity contribution in [3.63, 3.8) is 0 Å². The molecule has 1 atom stereocenters. The Morgan fingerprint density at radius 1 is 1.09 bits per heavy atom. The average molecular weight is 327 g/mol. The van der Waals surface area contributed by atoms with E-state index in [0.717, 1.165) is 43.8 Å². The third kappa shape index (κ3) is 4.37. The van der Waals surface area contributed by atoms with Gasteiger partial charge in [-0.1, -0.05) is 43.3 Å². The predicted octanol–water partition coefficient (Wildman–Crippen LogP) is 4.28. The van der Waals surface area contributed by atoms with Crippen LogP contribution in [0.15, 0.2) is 53.4 Å². The van der Waals surface area contributed by atoms with Crippen LogP contribution in [0.25, 0.3) is 0 Å². The highest BCUT2D eigenvalue weighted by Gasteiger charge is 2.17. The summed E-state index contributed by atoms with van der Waals surface area (Å²) in [5.74, 6) is 1.08. The first-order valence-corrected chi connectivity index (χ1v) is 9.45. The fourth-order valence-electron chi connectivity index (χ4n) is 3.17. The average Bonchev–Trinajstić information content (AvgIpc) is 2.60. The van der Waals surface area contributed by atoms with Crippen LogP contribution in [0.4, 0.5) is 0 Å². The lowest BCUT2D eigenvalue weighted by atomic mass is 9.99. The molecule has 0 aromatic heterocycles. The Morgan fingerprint density at radius 2 is 1.83 bits per heavy atom. The molecule has 0 spiro atoms. The smallest absolute Gasteiger partial charge is 0.0802 e. The van der Waals surface area contributed by atoms with Gasteiger partial charge in [-0.05, 0) is 47.4 Å². The maximum absolute atomic E-state index is 10.4. The van der Waals surface area contributed by atoms with Gasteiger partial charge in [0.15, 0.2) is 0 Å². The minimum atomic E-state index is -0.368. The molecule has 0 radical (unpaired) electrons. The Kier molecular flexibility index (Phi) is 5.76. The Bertz CT molecular complexity index is 626. The summed E-state index contributed by atoms with van der Waals surface area (Å²) < 4.78 is 0. The standard InChI is InChI=1S/C20H25NOS/c1-2-23-19-9-7-17(8-10-19)20(22)12-14-21-13-11-16-5-3-4-6-18(16)15-21/h3-10,20,22H,2,11-15H2,1H3. The maximum Gasteiger partial charge on any atom is 0.0802 e. The van der Waals surface area contributed by atoms with Gasteiger partial charge in [0.05, 0.1) is 6.10 Å². The molecule has 1 N–H and O–H groups in total. The molecule has 3 rings (SSSR count).